The van der Waals surface area contributed by atoms with Crippen molar-refractivity contribution in [3.8, 4) is 0 Å². The van der Waals surface area contributed by atoms with Gasteiger partial charge >= 0.3 is 0 Å². The number of aryl methyl sites for hydroxylation is 1. The summed E-state index contributed by atoms with van der Waals surface area (Å²) >= 11 is 3.39. The highest BCUT2D eigenvalue weighted by Crippen LogP contribution is 2.13. The Kier molecular flexibility index (Phi) is 5.75. The lowest BCUT2D eigenvalue weighted by atomic mass is 10.0. The molecule has 2 heteroatoms. The molecule has 16 heavy (non-hydrogen) atoms. The Morgan fingerprint density at radius 2 is 1.81 bits per heavy atom. The molecule has 0 fully saturated rings. The molecule has 0 spiro atoms. The van der Waals surface area contributed by atoms with Crippen molar-refractivity contribution in [2.75, 3.05) is 0 Å². The van der Waals surface area contributed by atoms with Gasteiger partial charge in [0.05, 0.1) is 4.83 Å². The van der Waals surface area contributed by atoms with Crippen molar-refractivity contribution in [2.24, 2.45) is 0 Å². The molecule has 0 heterocycles. The Balaban J connectivity index is 2.54. The van der Waals surface area contributed by atoms with Crippen LogP contribution in [0.2, 0.25) is 0 Å². The number of Topliss-reactive ketones (excluding diaryl/α,β-unsaturated/α-hetero) is 1. The smallest absolute Gasteiger partial charge is 0.143 e. The highest BCUT2D eigenvalue weighted by Gasteiger charge is 2.09. The second-order valence-electron chi connectivity index (χ2n) is 4.20. The van der Waals surface area contributed by atoms with Crippen molar-refractivity contribution in [1.29, 1.82) is 0 Å². The average molecular weight is 283 g/mol. The number of hydrogen-bond acceptors (Lipinski definition) is 1. The number of carbonyl (C=O) groups excluding carboxylic acids is 1. The summed E-state index contributed by atoms with van der Waals surface area (Å²) in [4.78, 5) is 11.1. The van der Waals surface area contributed by atoms with Gasteiger partial charge in [-0.15, -0.1) is 0 Å². The third-order valence-corrected chi connectivity index (χ3v) is 3.67. The van der Waals surface area contributed by atoms with Crippen LogP contribution in [0.4, 0.5) is 0 Å². The van der Waals surface area contributed by atoms with Crippen LogP contribution in [0.5, 0.6) is 0 Å². The van der Waals surface area contributed by atoms with E-state index >= 15 is 0 Å². The minimum atomic E-state index is -0.0472. The first-order valence-corrected chi connectivity index (χ1v) is 6.77. The molecule has 1 unspecified atom stereocenters. The lowest BCUT2D eigenvalue weighted by Gasteiger charge is -2.07. The summed E-state index contributed by atoms with van der Waals surface area (Å²) in [6.45, 7) is 3.83. The standard InChI is InChI=1S/C14H19BrO/c1-3-4-5-12-6-8-13(9-7-12)10-14(15)11(2)16/h6-9,14H,3-5,10H2,1-2H3. The normalized spacial score (nSPS) is 12.4. The van der Waals surface area contributed by atoms with E-state index in [2.05, 4.69) is 47.1 Å². The number of alkyl halides is 1. The molecule has 1 aromatic carbocycles. The van der Waals surface area contributed by atoms with Gasteiger partial charge in [-0.05, 0) is 37.3 Å². The van der Waals surface area contributed by atoms with Crippen LogP contribution in [0.3, 0.4) is 0 Å². The number of halogens is 1. The Morgan fingerprint density at radius 3 is 2.31 bits per heavy atom. The van der Waals surface area contributed by atoms with Crippen molar-refractivity contribution in [1.82, 2.24) is 0 Å². The molecule has 0 amide bonds. The zero-order valence-electron chi connectivity index (χ0n) is 10.0. The summed E-state index contributed by atoms with van der Waals surface area (Å²) in [5.74, 6) is 0.190. The molecule has 1 nitrogen and oxygen atoms in total. The molecule has 0 aromatic heterocycles. The first-order chi connectivity index (χ1) is 7.63. The van der Waals surface area contributed by atoms with Crippen LogP contribution < -0.4 is 0 Å². The van der Waals surface area contributed by atoms with Gasteiger partial charge in [0, 0.05) is 0 Å². The molecule has 0 radical (unpaired) electrons. The van der Waals surface area contributed by atoms with Gasteiger partial charge in [0.25, 0.3) is 0 Å². The molecule has 0 bridgehead atoms. The van der Waals surface area contributed by atoms with E-state index in [9.17, 15) is 4.79 Å². The third kappa shape index (κ3) is 4.48. The predicted octanol–water partition coefficient (Wildman–Crippen LogP) is 3.92. The van der Waals surface area contributed by atoms with E-state index in [0.717, 1.165) is 12.8 Å². The van der Waals surface area contributed by atoms with Crippen molar-refractivity contribution in [3.63, 3.8) is 0 Å². The summed E-state index contributed by atoms with van der Waals surface area (Å²) < 4.78 is 0. The van der Waals surface area contributed by atoms with Gasteiger partial charge in [-0.2, -0.15) is 0 Å². The SMILES string of the molecule is CCCCc1ccc(CC(Br)C(C)=O)cc1. The highest BCUT2D eigenvalue weighted by molar-refractivity contribution is 9.10. The molecule has 1 rings (SSSR count). The van der Waals surface area contributed by atoms with Gasteiger partial charge in [-0.25, -0.2) is 0 Å². The maximum atomic E-state index is 11.1. The quantitative estimate of drug-likeness (QED) is 0.723. The van der Waals surface area contributed by atoms with Gasteiger partial charge in [-0.3, -0.25) is 4.79 Å². The highest BCUT2D eigenvalue weighted by atomic mass is 79.9. The van der Waals surface area contributed by atoms with E-state index in [4.69, 9.17) is 0 Å². The minimum Gasteiger partial charge on any atom is -0.299 e. The average Bonchev–Trinajstić information content (AvgIpc) is 2.28. The summed E-state index contributed by atoms with van der Waals surface area (Å²) in [6.07, 6.45) is 4.41. The van der Waals surface area contributed by atoms with E-state index < -0.39 is 0 Å². The van der Waals surface area contributed by atoms with Crippen LogP contribution in [0.25, 0.3) is 0 Å². The van der Waals surface area contributed by atoms with E-state index in [-0.39, 0.29) is 10.6 Å². The third-order valence-electron chi connectivity index (χ3n) is 2.70. The van der Waals surface area contributed by atoms with E-state index in [1.807, 2.05) is 0 Å². The molecule has 1 aromatic rings. The molecular weight excluding hydrogens is 264 g/mol. The number of benzene rings is 1. The Hall–Kier alpha value is -0.630. The fraction of sp³-hybridized carbons (Fsp3) is 0.500. The molecule has 0 saturated heterocycles. The zero-order valence-corrected chi connectivity index (χ0v) is 11.6. The first-order valence-electron chi connectivity index (χ1n) is 5.85. The van der Waals surface area contributed by atoms with Crippen molar-refractivity contribution >= 4 is 21.7 Å². The lowest BCUT2D eigenvalue weighted by molar-refractivity contribution is -0.116. The summed E-state index contributed by atoms with van der Waals surface area (Å²) in [7, 11) is 0. The van der Waals surface area contributed by atoms with Gasteiger partial charge in [0.2, 0.25) is 0 Å². The van der Waals surface area contributed by atoms with Crippen molar-refractivity contribution < 1.29 is 4.79 Å². The number of unbranched alkanes of at least 4 members (excludes halogenated alkanes) is 1. The Morgan fingerprint density at radius 1 is 1.25 bits per heavy atom. The van der Waals surface area contributed by atoms with Gasteiger partial charge < -0.3 is 0 Å². The minimum absolute atomic E-state index is 0.0472. The second-order valence-corrected chi connectivity index (χ2v) is 5.31. The summed E-state index contributed by atoms with van der Waals surface area (Å²) in [5, 5.41) is 0. The maximum absolute atomic E-state index is 11.1. The predicted molar refractivity (Wildman–Crippen MR) is 72.2 cm³/mol. The first kappa shape index (κ1) is 13.4. The molecule has 0 aliphatic heterocycles. The fourth-order valence-corrected chi connectivity index (χ4v) is 1.95. The largest absolute Gasteiger partial charge is 0.299 e. The zero-order chi connectivity index (χ0) is 12.0. The van der Waals surface area contributed by atoms with E-state index in [1.54, 1.807) is 6.92 Å². The maximum Gasteiger partial charge on any atom is 0.143 e. The van der Waals surface area contributed by atoms with Crippen LogP contribution in [-0.2, 0) is 17.6 Å². The second kappa shape index (κ2) is 6.85. The van der Waals surface area contributed by atoms with E-state index in [0.29, 0.717) is 0 Å². The number of hydrogen-bond donors (Lipinski definition) is 0. The lowest BCUT2D eigenvalue weighted by Crippen LogP contribution is -2.12. The number of carbonyl (C=O) groups is 1. The summed E-state index contributed by atoms with van der Waals surface area (Å²) in [6, 6.07) is 8.60. The van der Waals surface area contributed by atoms with Gasteiger partial charge in [-0.1, -0.05) is 53.5 Å². The monoisotopic (exact) mass is 282 g/mol. The molecule has 1 atom stereocenters. The number of ketones is 1. The van der Waals surface area contributed by atoms with Gasteiger partial charge in [0.15, 0.2) is 0 Å². The molecular formula is C14H19BrO. The van der Waals surface area contributed by atoms with Crippen LogP contribution in [0.15, 0.2) is 24.3 Å². The van der Waals surface area contributed by atoms with E-state index in [1.165, 1.54) is 24.0 Å². The molecule has 0 aliphatic carbocycles. The molecule has 0 aliphatic rings. The van der Waals surface area contributed by atoms with Crippen molar-refractivity contribution in [2.45, 2.75) is 44.4 Å². The summed E-state index contributed by atoms with van der Waals surface area (Å²) in [5.41, 5.74) is 2.61. The molecule has 0 N–H and O–H groups in total. The molecule has 88 valence electrons. The Labute approximate surface area is 106 Å². The van der Waals surface area contributed by atoms with Crippen molar-refractivity contribution in [3.05, 3.63) is 35.4 Å². The van der Waals surface area contributed by atoms with Gasteiger partial charge in [0.1, 0.15) is 5.78 Å². The number of rotatable bonds is 6. The van der Waals surface area contributed by atoms with Crippen LogP contribution in [0, 0.1) is 0 Å². The van der Waals surface area contributed by atoms with Crippen LogP contribution >= 0.6 is 15.9 Å². The van der Waals surface area contributed by atoms with Crippen LogP contribution in [-0.4, -0.2) is 10.6 Å². The topological polar surface area (TPSA) is 17.1 Å². The fourth-order valence-electron chi connectivity index (χ4n) is 1.57. The molecule has 0 saturated carbocycles. The van der Waals surface area contributed by atoms with Crippen LogP contribution in [0.1, 0.15) is 37.8 Å². The Bertz CT molecular complexity index is 329.